The summed E-state index contributed by atoms with van der Waals surface area (Å²) in [7, 11) is 0. The summed E-state index contributed by atoms with van der Waals surface area (Å²) in [6, 6.07) is 25.9. The maximum Gasteiger partial charge on any atom is 0.332 e. The van der Waals surface area contributed by atoms with E-state index in [0.29, 0.717) is 17.9 Å². The zero-order chi connectivity index (χ0) is 21.4. The van der Waals surface area contributed by atoms with Crippen LogP contribution in [-0.4, -0.2) is 22.4 Å². The highest BCUT2D eigenvalue weighted by Crippen LogP contribution is 2.19. The fraction of sp³-hybridized carbons (Fsp3) is 0.167. The van der Waals surface area contributed by atoms with Crippen LogP contribution in [0.4, 0.5) is 0 Å². The third kappa shape index (κ3) is 5.24. The van der Waals surface area contributed by atoms with Gasteiger partial charge in [-0.25, -0.2) is 4.79 Å². The number of hydrogen-bond donors (Lipinski definition) is 2. The van der Waals surface area contributed by atoms with Gasteiger partial charge in [0.1, 0.15) is 24.7 Å². The molecule has 0 radical (unpaired) electrons. The van der Waals surface area contributed by atoms with Crippen molar-refractivity contribution in [3.05, 3.63) is 102 Å². The van der Waals surface area contributed by atoms with Gasteiger partial charge in [0.25, 0.3) is 0 Å². The zero-order valence-electron chi connectivity index (χ0n) is 16.7. The van der Waals surface area contributed by atoms with Gasteiger partial charge in [0, 0.05) is 5.56 Å². The molecule has 3 aromatic rings. The van der Waals surface area contributed by atoms with E-state index in [9.17, 15) is 10.0 Å². The van der Waals surface area contributed by atoms with E-state index >= 15 is 0 Å². The summed E-state index contributed by atoms with van der Waals surface area (Å²) in [5.74, 6) is -0.0474. The molecule has 3 N–H and O–H groups in total. The molecule has 0 aliphatic heterocycles. The summed E-state index contributed by atoms with van der Waals surface area (Å²) in [6.45, 7) is 1.97. The zero-order valence-corrected chi connectivity index (χ0v) is 16.7. The number of carbonyl (C=O) groups excluding carboxylic acids is 1. The third-order valence-electron chi connectivity index (χ3n) is 4.60. The van der Waals surface area contributed by atoms with E-state index in [1.54, 1.807) is 24.3 Å². The lowest BCUT2D eigenvalue weighted by atomic mass is 9.91. The Morgan fingerprint density at radius 1 is 0.900 bits per heavy atom. The van der Waals surface area contributed by atoms with Crippen LogP contribution in [0, 0.1) is 0 Å². The van der Waals surface area contributed by atoms with E-state index in [-0.39, 0.29) is 12.3 Å². The van der Waals surface area contributed by atoms with Gasteiger partial charge < -0.3 is 20.4 Å². The lowest BCUT2D eigenvalue weighted by Crippen LogP contribution is -2.53. The number of carbonyl (C=O) groups is 1. The van der Waals surface area contributed by atoms with Gasteiger partial charge in [-0.15, -0.1) is 0 Å². The number of rotatable bonds is 8. The van der Waals surface area contributed by atoms with E-state index in [1.165, 1.54) is 6.92 Å². The van der Waals surface area contributed by atoms with Crippen molar-refractivity contribution in [2.24, 2.45) is 10.9 Å². The van der Waals surface area contributed by atoms with E-state index in [2.05, 4.69) is 5.16 Å². The minimum absolute atomic E-state index is 0.00942. The average molecular weight is 404 g/mol. The average Bonchev–Trinajstić information content (AvgIpc) is 2.78. The van der Waals surface area contributed by atoms with Gasteiger partial charge in [0.05, 0.1) is 0 Å². The molecule has 1 atom stereocenters. The summed E-state index contributed by atoms with van der Waals surface area (Å²) in [5.41, 5.74) is 6.95. The number of oxime groups is 1. The molecule has 0 heterocycles. The number of esters is 1. The lowest BCUT2D eigenvalue weighted by Gasteiger charge is -2.24. The van der Waals surface area contributed by atoms with E-state index in [0.717, 1.165) is 11.1 Å². The Labute approximate surface area is 175 Å². The molecule has 0 aliphatic rings. The largest absolute Gasteiger partial charge is 0.489 e. The molecule has 0 aliphatic carbocycles. The van der Waals surface area contributed by atoms with Crippen molar-refractivity contribution in [2.75, 3.05) is 0 Å². The number of nitrogens with two attached hydrogens (primary N) is 1. The first-order chi connectivity index (χ1) is 14.5. The number of hydrogen-bond acceptors (Lipinski definition) is 6. The van der Waals surface area contributed by atoms with Crippen molar-refractivity contribution in [1.29, 1.82) is 0 Å². The molecule has 0 bridgehead atoms. The molecular formula is C24H24N2O4. The van der Waals surface area contributed by atoms with Crippen LogP contribution in [0.1, 0.15) is 23.6 Å². The van der Waals surface area contributed by atoms with Crippen LogP contribution in [0.3, 0.4) is 0 Å². The molecule has 0 saturated heterocycles. The molecule has 0 unspecified atom stereocenters. The minimum Gasteiger partial charge on any atom is -0.489 e. The SMILES string of the molecule is C[C@@](N)(C(=O)OCc1ccccc1)C(=NO)c1ccc(OCc2ccccc2)cc1. The first-order valence-corrected chi connectivity index (χ1v) is 9.50. The van der Waals surface area contributed by atoms with Crippen LogP contribution in [0.15, 0.2) is 90.1 Å². The topological polar surface area (TPSA) is 94.1 Å². The third-order valence-corrected chi connectivity index (χ3v) is 4.60. The van der Waals surface area contributed by atoms with Crippen molar-refractivity contribution < 1.29 is 19.5 Å². The smallest absolute Gasteiger partial charge is 0.332 e. The van der Waals surface area contributed by atoms with Crippen LogP contribution in [-0.2, 0) is 22.7 Å². The summed E-state index contributed by atoms with van der Waals surface area (Å²) in [5, 5.41) is 12.8. The van der Waals surface area contributed by atoms with Crippen molar-refractivity contribution in [2.45, 2.75) is 25.7 Å². The van der Waals surface area contributed by atoms with Crippen molar-refractivity contribution in [1.82, 2.24) is 0 Å². The Hall–Kier alpha value is -3.64. The second-order valence-electron chi connectivity index (χ2n) is 7.01. The van der Waals surface area contributed by atoms with Crippen molar-refractivity contribution in [3.8, 4) is 5.75 Å². The molecule has 0 amide bonds. The second-order valence-corrected chi connectivity index (χ2v) is 7.01. The highest BCUT2D eigenvalue weighted by Gasteiger charge is 2.38. The van der Waals surface area contributed by atoms with E-state index in [4.69, 9.17) is 15.2 Å². The summed E-state index contributed by atoms with van der Waals surface area (Å²) >= 11 is 0. The van der Waals surface area contributed by atoms with E-state index in [1.807, 2.05) is 60.7 Å². The molecule has 0 spiro atoms. The van der Waals surface area contributed by atoms with Crippen LogP contribution in [0.5, 0.6) is 5.75 Å². The Morgan fingerprint density at radius 2 is 1.43 bits per heavy atom. The molecule has 0 saturated carbocycles. The maximum absolute atomic E-state index is 12.6. The van der Waals surface area contributed by atoms with Gasteiger partial charge in [0.2, 0.25) is 0 Å². The molecule has 0 aromatic heterocycles. The van der Waals surface area contributed by atoms with Crippen molar-refractivity contribution >= 4 is 11.7 Å². The lowest BCUT2D eigenvalue weighted by molar-refractivity contribution is -0.148. The molecule has 0 fully saturated rings. The Bertz CT molecular complexity index is 985. The Morgan fingerprint density at radius 3 is 1.97 bits per heavy atom. The minimum atomic E-state index is -1.63. The molecule has 154 valence electrons. The normalized spacial score (nSPS) is 13.3. The Kier molecular flexibility index (Phi) is 6.83. The van der Waals surface area contributed by atoms with Crippen LogP contribution < -0.4 is 10.5 Å². The summed E-state index contributed by atoms with van der Waals surface area (Å²) < 4.78 is 11.1. The molecule has 6 nitrogen and oxygen atoms in total. The predicted molar refractivity (Wildman–Crippen MR) is 114 cm³/mol. The highest BCUT2D eigenvalue weighted by molar-refractivity contribution is 6.18. The van der Waals surface area contributed by atoms with Gasteiger partial charge in [0.15, 0.2) is 5.54 Å². The number of nitrogens with zero attached hydrogens (tertiary/aromatic N) is 1. The monoisotopic (exact) mass is 404 g/mol. The quantitative estimate of drug-likeness (QED) is 0.257. The van der Waals surface area contributed by atoms with Gasteiger partial charge in [-0.05, 0) is 42.3 Å². The molecule has 3 aromatic carbocycles. The first-order valence-electron chi connectivity index (χ1n) is 9.50. The number of ether oxygens (including phenoxy) is 2. The van der Waals surface area contributed by atoms with Crippen LogP contribution >= 0.6 is 0 Å². The first kappa shape index (κ1) is 21.1. The predicted octanol–water partition coefficient (Wildman–Crippen LogP) is 3.90. The van der Waals surface area contributed by atoms with Gasteiger partial charge in [-0.2, -0.15) is 0 Å². The maximum atomic E-state index is 12.6. The molecular weight excluding hydrogens is 380 g/mol. The highest BCUT2D eigenvalue weighted by atomic mass is 16.5. The fourth-order valence-electron chi connectivity index (χ4n) is 2.88. The van der Waals surface area contributed by atoms with Crippen molar-refractivity contribution in [3.63, 3.8) is 0 Å². The molecule has 6 heteroatoms. The standard InChI is InChI=1S/C24H24N2O4/c1-24(25,23(27)30-17-19-10-6-3-7-11-19)22(26-28)20-12-14-21(15-13-20)29-16-18-8-4-2-5-9-18/h2-15,28H,16-17,25H2,1H3/t24-/m0/s1. The Balaban J connectivity index is 1.65. The van der Waals surface area contributed by atoms with Crippen LogP contribution in [0.2, 0.25) is 0 Å². The van der Waals surface area contributed by atoms with E-state index < -0.39 is 11.5 Å². The van der Waals surface area contributed by atoms with Gasteiger partial charge in [-0.1, -0.05) is 65.8 Å². The molecule has 30 heavy (non-hydrogen) atoms. The summed E-state index contributed by atoms with van der Waals surface area (Å²) in [6.07, 6.45) is 0. The second kappa shape index (κ2) is 9.71. The number of benzene rings is 3. The summed E-state index contributed by atoms with van der Waals surface area (Å²) in [4.78, 5) is 12.6. The molecule has 3 rings (SSSR count). The van der Waals surface area contributed by atoms with Gasteiger partial charge in [-0.3, -0.25) is 0 Å². The van der Waals surface area contributed by atoms with Crippen LogP contribution in [0.25, 0.3) is 0 Å². The van der Waals surface area contributed by atoms with Gasteiger partial charge >= 0.3 is 5.97 Å². The fourth-order valence-corrected chi connectivity index (χ4v) is 2.88.